The molecule has 0 saturated carbocycles. The Hall–Kier alpha value is -2.41. The van der Waals surface area contributed by atoms with E-state index in [1.807, 2.05) is 25.1 Å². The summed E-state index contributed by atoms with van der Waals surface area (Å²) in [5.41, 5.74) is 1.44. The number of hydrogen-bond donors (Lipinski definition) is 0. The van der Waals surface area contributed by atoms with Crippen LogP contribution in [0, 0.1) is 18.3 Å². The second kappa shape index (κ2) is 4.41. The van der Waals surface area contributed by atoms with Gasteiger partial charge in [0.1, 0.15) is 11.8 Å². The number of nitrogens with zero attached hydrogens (tertiary/aromatic N) is 3. The Morgan fingerprint density at radius 3 is 2.56 bits per heavy atom. The fourth-order valence-electron chi connectivity index (χ4n) is 1.14. The summed E-state index contributed by atoms with van der Waals surface area (Å²) in [7, 11) is 0. The zero-order valence-electron chi connectivity index (χ0n) is 8.71. The molecule has 0 radical (unpaired) electrons. The van der Waals surface area contributed by atoms with Gasteiger partial charge in [-0.25, -0.2) is 4.98 Å². The van der Waals surface area contributed by atoms with Gasteiger partial charge in [0.2, 0.25) is 5.88 Å². The topological polar surface area (TPSA) is 58.8 Å². The van der Waals surface area contributed by atoms with Gasteiger partial charge >= 0.3 is 0 Å². The van der Waals surface area contributed by atoms with Crippen molar-refractivity contribution in [3.05, 3.63) is 47.9 Å². The number of nitriles is 1. The maximum atomic E-state index is 8.61. The minimum absolute atomic E-state index is 0.449. The fourth-order valence-corrected chi connectivity index (χ4v) is 1.14. The first kappa shape index (κ1) is 10.1. The van der Waals surface area contributed by atoms with E-state index >= 15 is 0 Å². The normalized spacial score (nSPS) is 9.50. The third-order valence-corrected chi connectivity index (χ3v) is 1.97. The Morgan fingerprint density at radius 2 is 2.00 bits per heavy atom. The highest BCUT2D eigenvalue weighted by Crippen LogP contribution is 2.17. The van der Waals surface area contributed by atoms with Gasteiger partial charge in [0.15, 0.2) is 0 Å². The number of rotatable bonds is 2. The molecule has 0 aliphatic heterocycles. The standard InChI is InChI=1S/C12H9N3O/c1-9-2-4-11(8-14-9)16-12-5-3-10(6-13)7-15-12/h2-5,7-8H,1H3. The van der Waals surface area contributed by atoms with Crippen LogP contribution in [0.5, 0.6) is 11.6 Å². The maximum absolute atomic E-state index is 8.61. The van der Waals surface area contributed by atoms with Gasteiger partial charge in [-0.1, -0.05) is 0 Å². The van der Waals surface area contributed by atoms with Crippen LogP contribution in [-0.2, 0) is 0 Å². The predicted molar refractivity (Wildman–Crippen MR) is 58.0 cm³/mol. The molecule has 78 valence electrons. The van der Waals surface area contributed by atoms with E-state index < -0.39 is 0 Å². The van der Waals surface area contributed by atoms with Crippen molar-refractivity contribution in [3.8, 4) is 17.7 Å². The lowest BCUT2D eigenvalue weighted by Crippen LogP contribution is -1.89. The van der Waals surface area contributed by atoms with E-state index in [-0.39, 0.29) is 0 Å². The summed E-state index contributed by atoms with van der Waals surface area (Å²) in [5, 5.41) is 8.61. The molecule has 0 saturated heterocycles. The Kier molecular flexibility index (Phi) is 2.79. The third-order valence-electron chi connectivity index (χ3n) is 1.97. The van der Waals surface area contributed by atoms with E-state index in [1.165, 1.54) is 6.20 Å². The van der Waals surface area contributed by atoms with Crippen LogP contribution in [0.25, 0.3) is 0 Å². The Bertz CT molecular complexity index is 511. The van der Waals surface area contributed by atoms with Crippen LogP contribution < -0.4 is 4.74 Å². The van der Waals surface area contributed by atoms with E-state index in [4.69, 9.17) is 10.00 Å². The molecule has 0 aliphatic rings. The average Bonchev–Trinajstić information content (AvgIpc) is 2.33. The molecule has 0 amide bonds. The number of aromatic nitrogens is 2. The number of hydrogen-bond acceptors (Lipinski definition) is 4. The molecule has 2 aromatic rings. The van der Waals surface area contributed by atoms with E-state index in [1.54, 1.807) is 18.3 Å². The second-order valence-corrected chi connectivity index (χ2v) is 3.23. The van der Waals surface area contributed by atoms with Crippen LogP contribution in [0.3, 0.4) is 0 Å². The monoisotopic (exact) mass is 211 g/mol. The first-order chi connectivity index (χ1) is 7.78. The van der Waals surface area contributed by atoms with Gasteiger partial charge in [-0.05, 0) is 25.1 Å². The first-order valence-corrected chi connectivity index (χ1v) is 4.74. The van der Waals surface area contributed by atoms with Gasteiger partial charge in [0.25, 0.3) is 0 Å². The molecule has 0 aromatic carbocycles. The molecule has 0 spiro atoms. The largest absolute Gasteiger partial charge is 0.437 e. The van der Waals surface area contributed by atoms with Crippen molar-refractivity contribution in [3.63, 3.8) is 0 Å². The van der Waals surface area contributed by atoms with Gasteiger partial charge in [-0.2, -0.15) is 5.26 Å². The van der Waals surface area contributed by atoms with Crippen molar-refractivity contribution in [1.82, 2.24) is 9.97 Å². The molecule has 16 heavy (non-hydrogen) atoms. The Labute approximate surface area is 93.2 Å². The van der Waals surface area contributed by atoms with E-state index in [2.05, 4.69) is 9.97 Å². The van der Waals surface area contributed by atoms with Gasteiger partial charge in [-0.3, -0.25) is 4.98 Å². The molecule has 0 fully saturated rings. The number of aryl methyl sites for hydroxylation is 1. The number of pyridine rings is 2. The summed E-state index contributed by atoms with van der Waals surface area (Å²) in [5.74, 6) is 1.08. The highest BCUT2D eigenvalue weighted by Gasteiger charge is 1.99. The van der Waals surface area contributed by atoms with Crippen LogP contribution in [0.1, 0.15) is 11.3 Å². The highest BCUT2D eigenvalue weighted by atomic mass is 16.5. The van der Waals surface area contributed by atoms with Crippen LogP contribution in [0.2, 0.25) is 0 Å². The van der Waals surface area contributed by atoms with E-state index in [9.17, 15) is 0 Å². The molecular weight excluding hydrogens is 202 g/mol. The third kappa shape index (κ3) is 2.34. The molecule has 0 atom stereocenters. The molecule has 0 unspecified atom stereocenters. The van der Waals surface area contributed by atoms with Crippen LogP contribution >= 0.6 is 0 Å². The molecule has 0 aliphatic carbocycles. The van der Waals surface area contributed by atoms with E-state index in [0.29, 0.717) is 17.2 Å². The SMILES string of the molecule is Cc1ccc(Oc2ccc(C#N)cn2)cn1. The lowest BCUT2D eigenvalue weighted by atomic mass is 10.3. The van der Waals surface area contributed by atoms with Crippen molar-refractivity contribution in [2.45, 2.75) is 6.92 Å². The zero-order chi connectivity index (χ0) is 11.4. The maximum Gasteiger partial charge on any atom is 0.219 e. The van der Waals surface area contributed by atoms with Gasteiger partial charge in [0, 0.05) is 18.0 Å². The van der Waals surface area contributed by atoms with Crippen LogP contribution in [-0.4, -0.2) is 9.97 Å². The minimum Gasteiger partial charge on any atom is -0.437 e. The number of ether oxygens (including phenoxy) is 1. The first-order valence-electron chi connectivity index (χ1n) is 4.74. The summed E-state index contributed by atoms with van der Waals surface area (Å²) < 4.78 is 5.45. The summed E-state index contributed by atoms with van der Waals surface area (Å²) in [6.07, 6.45) is 3.10. The van der Waals surface area contributed by atoms with Crippen molar-refractivity contribution in [2.75, 3.05) is 0 Å². The quantitative estimate of drug-likeness (QED) is 0.765. The molecule has 0 bridgehead atoms. The van der Waals surface area contributed by atoms with Gasteiger partial charge in [-0.15, -0.1) is 0 Å². The predicted octanol–water partition coefficient (Wildman–Crippen LogP) is 2.45. The van der Waals surface area contributed by atoms with Crippen molar-refractivity contribution in [1.29, 1.82) is 5.26 Å². The average molecular weight is 211 g/mol. The fraction of sp³-hybridized carbons (Fsp3) is 0.0833. The summed E-state index contributed by atoms with van der Waals surface area (Å²) in [6.45, 7) is 1.91. The van der Waals surface area contributed by atoms with Crippen LogP contribution in [0.4, 0.5) is 0 Å². The van der Waals surface area contributed by atoms with Gasteiger partial charge < -0.3 is 4.74 Å². The van der Waals surface area contributed by atoms with Crippen molar-refractivity contribution in [2.24, 2.45) is 0 Å². The molecule has 2 rings (SSSR count). The second-order valence-electron chi connectivity index (χ2n) is 3.23. The summed E-state index contributed by atoms with van der Waals surface area (Å²) in [6, 6.07) is 8.98. The molecule has 4 heteroatoms. The molecule has 0 N–H and O–H groups in total. The highest BCUT2D eigenvalue weighted by molar-refractivity contribution is 5.30. The van der Waals surface area contributed by atoms with Crippen molar-refractivity contribution >= 4 is 0 Å². The lowest BCUT2D eigenvalue weighted by molar-refractivity contribution is 0.460. The Morgan fingerprint density at radius 1 is 1.12 bits per heavy atom. The summed E-state index contributed by atoms with van der Waals surface area (Å²) >= 11 is 0. The molecular formula is C12H9N3O. The van der Waals surface area contributed by atoms with Crippen molar-refractivity contribution < 1.29 is 4.74 Å². The van der Waals surface area contributed by atoms with E-state index in [0.717, 1.165) is 5.69 Å². The van der Waals surface area contributed by atoms with Gasteiger partial charge in [0.05, 0.1) is 11.8 Å². The molecule has 2 aromatic heterocycles. The zero-order valence-corrected chi connectivity index (χ0v) is 8.71. The Balaban J connectivity index is 2.15. The summed E-state index contributed by atoms with van der Waals surface area (Å²) in [4.78, 5) is 8.10. The van der Waals surface area contributed by atoms with Crippen LogP contribution in [0.15, 0.2) is 36.7 Å². The molecule has 2 heterocycles. The smallest absolute Gasteiger partial charge is 0.219 e. The lowest BCUT2D eigenvalue weighted by Gasteiger charge is -2.03. The minimum atomic E-state index is 0.449. The molecule has 4 nitrogen and oxygen atoms in total.